The standard InChI is InChI=1S/C18H20ClN3O4S/c1-26-14-4-2-3-13(11-14)21-7-9-22(10-8-21)18(23)16-12-15(27(20,24)25)5-6-17(16)19/h2-6,11-12H,7-10H2,1H3,(H2,20,24,25). The van der Waals surface area contributed by atoms with Crippen LogP contribution in [0.25, 0.3) is 0 Å². The number of nitrogens with two attached hydrogens (primary N) is 1. The third kappa shape index (κ3) is 4.35. The van der Waals surface area contributed by atoms with Crippen molar-refractivity contribution in [3.63, 3.8) is 0 Å². The van der Waals surface area contributed by atoms with Crippen LogP contribution in [-0.4, -0.2) is 52.5 Å². The van der Waals surface area contributed by atoms with Crippen LogP contribution in [0.15, 0.2) is 47.4 Å². The lowest BCUT2D eigenvalue weighted by molar-refractivity contribution is 0.0746. The Morgan fingerprint density at radius 1 is 1.11 bits per heavy atom. The van der Waals surface area contributed by atoms with Crippen molar-refractivity contribution < 1.29 is 17.9 Å². The lowest BCUT2D eigenvalue weighted by atomic mass is 10.1. The zero-order valence-electron chi connectivity index (χ0n) is 14.8. The number of ether oxygens (including phenoxy) is 1. The molecule has 1 fully saturated rings. The SMILES string of the molecule is COc1cccc(N2CCN(C(=O)c3cc(S(N)(=O)=O)ccc3Cl)CC2)c1. The average molecular weight is 410 g/mol. The number of nitrogens with zero attached hydrogens (tertiary/aromatic N) is 2. The summed E-state index contributed by atoms with van der Waals surface area (Å²) in [5.41, 5.74) is 1.16. The van der Waals surface area contributed by atoms with Gasteiger partial charge in [0.1, 0.15) is 5.75 Å². The molecule has 0 saturated carbocycles. The lowest BCUT2D eigenvalue weighted by Gasteiger charge is -2.36. The van der Waals surface area contributed by atoms with Crippen LogP contribution in [0.4, 0.5) is 5.69 Å². The highest BCUT2D eigenvalue weighted by Crippen LogP contribution is 2.25. The minimum atomic E-state index is -3.91. The highest BCUT2D eigenvalue weighted by molar-refractivity contribution is 7.89. The second-order valence-corrected chi connectivity index (χ2v) is 8.14. The van der Waals surface area contributed by atoms with Crippen molar-refractivity contribution in [1.29, 1.82) is 0 Å². The van der Waals surface area contributed by atoms with Gasteiger partial charge < -0.3 is 14.5 Å². The number of hydrogen-bond donors (Lipinski definition) is 1. The van der Waals surface area contributed by atoms with E-state index in [0.717, 1.165) is 11.4 Å². The molecule has 27 heavy (non-hydrogen) atoms. The topological polar surface area (TPSA) is 92.9 Å². The van der Waals surface area contributed by atoms with E-state index in [4.69, 9.17) is 21.5 Å². The molecular weight excluding hydrogens is 390 g/mol. The number of amides is 1. The Labute approximate surface area is 163 Å². The number of rotatable bonds is 4. The lowest BCUT2D eigenvalue weighted by Crippen LogP contribution is -2.48. The Morgan fingerprint density at radius 2 is 1.81 bits per heavy atom. The molecule has 0 atom stereocenters. The van der Waals surface area contributed by atoms with Crippen LogP contribution in [0.5, 0.6) is 5.75 Å². The van der Waals surface area contributed by atoms with Crippen LogP contribution in [0.3, 0.4) is 0 Å². The van der Waals surface area contributed by atoms with E-state index in [9.17, 15) is 13.2 Å². The number of primary sulfonamides is 1. The smallest absolute Gasteiger partial charge is 0.255 e. The number of piperazine rings is 1. The van der Waals surface area contributed by atoms with Gasteiger partial charge >= 0.3 is 0 Å². The van der Waals surface area contributed by atoms with Gasteiger partial charge in [-0.15, -0.1) is 0 Å². The normalized spacial score (nSPS) is 14.9. The molecule has 2 aromatic rings. The fourth-order valence-electron chi connectivity index (χ4n) is 2.99. The summed E-state index contributed by atoms with van der Waals surface area (Å²) in [5.74, 6) is 0.466. The molecule has 2 N–H and O–H groups in total. The van der Waals surface area contributed by atoms with Crippen molar-refractivity contribution in [2.75, 3.05) is 38.2 Å². The Hall–Kier alpha value is -2.29. The minimum absolute atomic E-state index is 0.134. The first kappa shape index (κ1) is 19.5. The molecule has 1 heterocycles. The number of carbonyl (C=O) groups is 1. The van der Waals surface area contributed by atoms with E-state index in [-0.39, 0.29) is 21.4 Å². The summed E-state index contributed by atoms with van der Waals surface area (Å²) in [6.45, 7) is 2.27. The maximum atomic E-state index is 12.8. The van der Waals surface area contributed by atoms with Gasteiger partial charge in [-0.05, 0) is 30.3 Å². The van der Waals surface area contributed by atoms with E-state index in [1.807, 2.05) is 24.3 Å². The van der Waals surface area contributed by atoms with Crippen molar-refractivity contribution in [1.82, 2.24) is 4.90 Å². The van der Waals surface area contributed by atoms with Crippen molar-refractivity contribution >= 4 is 33.2 Å². The predicted octanol–water partition coefficient (Wildman–Crippen LogP) is 1.96. The maximum Gasteiger partial charge on any atom is 0.255 e. The molecule has 0 unspecified atom stereocenters. The van der Waals surface area contributed by atoms with Crippen molar-refractivity contribution in [3.05, 3.63) is 53.1 Å². The highest BCUT2D eigenvalue weighted by Gasteiger charge is 2.25. The quantitative estimate of drug-likeness (QED) is 0.833. The van der Waals surface area contributed by atoms with Gasteiger partial charge in [-0.25, -0.2) is 13.6 Å². The van der Waals surface area contributed by atoms with Crippen LogP contribution in [0.1, 0.15) is 10.4 Å². The van der Waals surface area contributed by atoms with Gasteiger partial charge in [0, 0.05) is 37.9 Å². The van der Waals surface area contributed by atoms with Crippen molar-refractivity contribution in [3.8, 4) is 5.75 Å². The summed E-state index contributed by atoms with van der Waals surface area (Å²) in [5, 5.41) is 5.34. The van der Waals surface area contributed by atoms with Gasteiger partial charge in [-0.3, -0.25) is 4.79 Å². The monoisotopic (exact) mass is 409 g/mol. The molecular formula is C18H20ClN3O4S. The van der Waals surface area contributed by atoms with Gasteiger partial charge in [-0.1, -0.05) is 17.7 Å². The summed E-state index contributed by atoms with van der Waals surface area (Å²) >= 11 is 6.11. The Kier molecular flexibility index (Phi) is 5.59. The van der Waals surface area contributed by atoms with Gasteiger partial charge in [-0.2, -0.15) is 0 Å². The Balaban J connectivity index is 1.73. The van der Waals surface area contributed by atoms with Crippen LogP contribution < -0.4 is 14.8 Å². The molecule has 3 rings (SSSR count). The number of sulfonamides is 1. The largest absolute Gasteiger partial charge is 0.497 e. The summed E-state index contributed by atoms with van der Waals surface area (Å²) in [6.07, 6.45) is 0. The zero-order valence-corrected chi connectivity index (χ0v) is 16.3. The molecule has 0 aromatic heterocycles. The molecule has 9 heteroatoms. The van der Waals surface area contributed by atoms with Crippen LogP contribution >= 0.6 is 11.6 Å². The molecule has 0 spiro atoms. The molecule has 0 aliphatic carbocycles. The molecule has 2 aromatic carbocycles. The van der Waals surface area contributed by atoms with E-state index in [1.165, 1.54) is 18.2 Å². The number of anilines is 1. The molecule has 1 aliphatic heterocycles. The van der Waals surface area contributed by atoms with Crippen LogP contribution in [0, 0.1) is 0 Å². The first-order chi connectivity index (χ1) is 12.8. The van der Waals surface area contributed by atoms with Gasteiger partial charge in [0.05, 0.1) is 22.6 Å². The van der Waals surface area contributed by atoms with Gasteiger partial charge in [0.2, 0.25) is 10.0 Å². The van der Waals surface area contributed by atoms with E-state index < -0.39 is 10.0 Å². The average Bonchev–Trinajstić information content (AvgIpc) is 2.67. The molecule has 1 amide bonds. The maximum absolute atomic E-state index is 12.8. The fraction of sp³-hybridized carbons (Fsp3) is 0.278. The zero-order chi connectivity index (χ0) is 19.6. The molecule has 0 radical (unpaired) electrons. The van der Waals surface area contributed by atoms with Crippen LogP contribution in [0.2, 0.25) is 5.02 Å². The van der Waals surface area contributed by atoms with Crippen molar-refractivity contribution in [2.45, 2.75) is 4.90 Å². The molecule has 1 aliphatic rings. The summed E-state index contributed by atoms with van der Waals surface area (Å²) in [7, 11) is -2.29. The molecule has 1 saturated heterocycles. The second kappa shape index (κ2) is 7.75. The molecule has 7 nitrogen and oxygen atoms in total. The highest BCUT2D eigenvalue weighted by atomic mass is 35.5. The minimum Gasteiger partial charge on any atom is -0.497 e. The molecule has 0 bridgehead atoms. The summed E-state index contributed by atoms with van der Waals surface area (Å²) in [4.78, 5) is 16.5. The number of benzene rings is 2. The second-order valence-electron chi connectivity index (χ2n) is 6.17. The third-order valence-corrected chi connectivity index (χ3v) is 5.72. The Bertz CT molecular complexity index is 957. The molecule has 144 valence electrons. The first-order valence-electron chi connectivity index (χ1n) is 8.30. The Morgan fingerprint density at radius 3 is 2.44 bits per heavy atom. The third-order valence-electron chi connectivity index (χ3n) is 4.48. The number of halogens is 1. The van der Waals surface area contributed by atoms with E-state index >= 15 is 0 Å². The van der Waals surface area contributed by atoms with E-state index in [1.54, 1.807) is 12.0 Å². The van der Waals surface area contributed by atoms with Gasteiger partial charge in [0.15, 0.2) is 0 Å². The first-order valence-corrected chi connectivity index (χ1v) is 10.2. The fourth-order valence-corrected chi connectivity index (χ4v) is 3.73. The number of carbonyl (C=O) groups excluding carboxylic acids is 1. The summed E-state index contributed by atoms with van der Waals surface area (Å²) < 4.78 is 28.3. The van der Waals surface area contributed by atoms with E-state index in [2.05, 4.69) is 4.90 Å². The van der Waals surface area contributed by atoms with Crippen molar-refractivity contribution in [2.24, 2.45) is 5.14 Å². The summed E-state index contributed by atoms with van der Waals surface area (Å²) in [6, 6.07) is 11.6. The van der Waals surface area contributed by atoms with Crippen LogP contribution in [-0.2, 0) is 10.0 Å². The number of hydrogen-bond acceptors (Lipinski definition) is 5. The predicted molar refractivity (Wildman–Crippen MR) is 104 cm³/mol. The van der Waals surface area contributed by atoms with E-state index in [0.29, 0.717) is 26.2 Å². The number of methoxy groups -OCH3 is 1. The van der Waals surface area contributed by atoms with Gasteiger partial charge in [0.25, 0.3) is 5.91 Å².